The number of carbonyl (C=O) groups is 3. The quantitative estimate of drug-likeness (QED) is 0.373. The highest BCUT2D eigenvalue weighted by atomic mass is 79.9. The van der Waals surface area contributed by atoms with E-state index < -0.39 is 23.9 Å². The van der Waals surface area contributed by atoms with Gasteiger partial charge in [-0.1, -0.05) is 40.2 Å². The molecule has 4 atom stereocenters. The minimum atomic E-state index is -0.903. The third kappa shape index (κ3) is 3.24. The Morgan fingerprint density at radius 3 is 2.31 bits per heavy atom. The molecule has 3 aliphatic heterocycles. The molecule has 0 radical (unpaired) electrons. The molecule has 7 nitrogen and oxygen atoms in total. The third-order valence-corrected chi connectivity index (χ3v) is 7.55. The van der Waals surface area contributed by atoms with Crippen LogP contribution in [-0.2, 0) is 9.59 Å². The van der Waals surface area contributed by atoms with Crippen LogP contribution < -0.4 is 9.64 Å². The number of hydrogen-bond acceptors (Lipinski definition) is 6. The molecular formula is C27H20BrN3O4. The summed E-state index contributed by atoms with van der Waals surface area (Å²) in [5.74, 6) is -1.89. The third-order valence-electron chi connectivity index (χ3n) is 7.02. The Morgan fingerprint density at radius 2 is 1.60 bits per heavy atom. The average molecular weight is 530 g/mol. The summed E-state index contributed by atoms with van der Waals surface area (Å²) in [6.07, 6.45) is 1.70. The maximum atomic E-state index is 13.9. The number of rotatable bonds is 4. The van der Waals surface area contributed by atoms with Crippen molar-refractivity contribution in [2.45, 2.75) is 12.1 Å². The predicted octanol–water partition coefficient (Wildman–Crippen LogP) is 4.22. The van der Waals surface area contributed by atoms with Gasteiger partial charge in [0, 0.05) is 10.0 Å². The van der Waals surface area contributed by atoms with Crippen LogP contribution in [0.4, 0.5) is 5.69 Å². The lowest BCUT2D eigenvalue weighted by molar-refractivity contribution is -0.124. The second-order valence-electron chi connectivity index (χ2n) is 8.78. The highest BCUT2D eigenvalue weighted by Gasteiger charge is 2.65. The highest BCUT2D eigenvalue weighted by molar-refractivity contribution is 9.10. The number of imide groups is 1. The minimum absolute atomic E-state index is 0.250. The maximum absolute atomic E-state index is 13.9. The molecule has 0 saturated carbocycles. The number of Topliss-reactive ketones (excluding diaryl/α,β-unsaturated/α-hetero) is 1. The topological polar surface area (TPSA) is 79.3 Å². The lowest BCUT2D eigenvalue weighted by Crippen LogP contribution is -2.44. The molecule has 0 unspecified atom stereocenters. The van der Waals surface area contributed by atoms with Crippen LogP contribution in [0.2, 0.25) is 0 Å². The number of amides is 2. The molecule has 3 aromatic carbocycles. The Balaban J connectivity index is 1.47. The van der Waals surface area contributed by atoms with E-state index in [0.29, 0.717) is 17.0 Å². The van der Waals surface area contributed by atoms with Crippen LogP contribution in [0.3, 0.4) is 0 Å². The fourth-order valence-corrected chi connectivity index (χ4v) is 5.70. The monoisotopic (exact) mass is 529 g/mol. The molecule has 8 heteroatoms. The van der Waals surface area contributed by atoms with Gasteiger partial charge in [-0.05, 0) is 59.7 Å². The molecule has 0 aromatic heterocycles. The van der Waals surface area contributed by atoms with Gasteiger partial charge in [0.25, 0.3) is 0 Å². The Hall–Kier alpha value is -3.78. The second kappa shape index (κ2) is 8.16. The number of methoxy groups -OCH3 is 1. The summed E-state index contributed by atoms with van der Waals surface area (Å²) >= 11 is 3.40. The van der Waals surface area contributed by atoms with Gasteiger partial charge in [-0.25, -0.2) is 4.90 Å². The fourth-order valence-electron chi connectivity index (χ4n) is 5.44. The van der Waals surface area contributed by atoms with E-state index in [1.54, 1.807) is 66.9 Å². The molecule has 3 heterocycles. The minimum Gasteiger partial charge on any atom is -0.497 e. The van der Waals surface area contributed by atoms with Gasteiger partial charge in [0.05, 0.1) is 36.9 Å². The van der Waals surface area contributed by atoms with Gasteiger partial charge in [0.1, 0.15) is 11.8 Å². The van der Waals surface area contributed by atoms with Gasteiger partial charge < -0.3 is 4.74 Å². The van der Waals surface area contributed by atoms with Crippen LogP contribution in [-0.4, -0.2) is 42.0 Å². The number of hydrazone groups is 1. The summed E-state index contributed by atoms with van der Waals surface area (Å²) in [5, 5.41) is 6.25. The Kier molecular flexibility index (Phi) is 5.07. The number of halogens is 1. The van der Waals surface area contributed by atoms with E-state index in [-0.39, 0.29) is 17.6 Å². The van der Waals surface area contributed by atoms with Crippen molar-refractivity contribution in [1.82, 2.24) is 5.01 Å². The summed E-state index contributed by atoms with van der Waals surface area (Å²) in [6.45, 7) is 0. The Labute approximate surface area is 210 Å². The molecule has 35 heavy (non-hydrogen) atoms. The predicted molar refractivity (Wildman–Crippen MR) is 133 cm³/mol. The first-order valence-electron chi connectivity index (χ1n) is 11.2. The van der Waals surface area contributed by atoms with E-state index in [4.69, 9.17) is 4.74 Å². The summed E-state index contributed by atoms with van der Waals surface area (Å²) < 4.78 is 6.06. The van der Waals surface area contributed by atoms with E-state index in [0.717, 1.165) is 15.6 Å². The van der Waals surface area contributed by atoms with Gasteiger partial charge in [-0.15, -0.1) is 0 Å². The number of nitrogens with zero attached hydrogens (tertiary/aromatic N) is 3. The van der Waals surface area contributed by atoms with Crippen LogP contribution in [0.15, 0.2) is 82.4 Å². The highest BCUT2D eigenvalue weighted by Crippen LogP contribution is 2.53. The first kappa shape index (κ1) is 21.7. The number of benzene rings is 3. The van der Waals surface area contributed by atoms with E-state index >= 15 is 0 Å². The molecule has 2 amide bonds. The van der Waals surface area contributed by atoms with Crippen molar-refractivity contribution in [1.29, 1.82) is 0 Å². The largest absolute Gasteiger partial charge is 0.497 e. The van der Waals surface area contributed by atoms with E-state index in [2.05, 4.69) is 21.0 Å². The Bertz CT molecular complexity index is 1390. The van der Waals surface area contributed by atoms with Crippen LogP contribution >= 0.6 is 15.9 Å². The van der Waals surface area contributed by atoms with Gasteiger partial charge in [0.2, 0.25) is 11.8 Å². The van der Waals surface area contributed by atoms with Crippen molar-refractivity contribution >= 4 is 45.4 Å². The van der Waals surface area contributed by atoms with Crippen LogP contribution in [0.1, 0.15) is 27.5 Å². The summed E-state index contributed by atoms with van der Waals surface area (Å²) in [6, 6.07) is 20.1. The maximum Gasteiger partial charge on any atom is 0.240 e. The number of fused-ring (bicyclic) bond motifs is 5. The number of hydrogen-bond donors (Lipinski definition) is 0. The average Bonchev–Trinajstić information content (AvgIpc) is 3.37. The van der Waals surface area contributed by atoms with E-state index in [1.165, 1.54) is 4.90 Å². The molecule has 2 fully saturated rings. The lowest BCUT2D eigenvalue weighted by atomic mass is 9.83. The molecule has 174 valence electrons. The normalized spacial score (nSPS) is 24.3. The molecule has 2 saturated heterocycles. The van der Waals surface area contributed by atoms with Gasteiger partial charge in [-0.3, -0.25) is 19.4 Å². The van der Waals surface area contributed by atoms with Crippen LogP contribution in [0, 0.1) is 11.8 Å². The SMILES string of the molecule is COc1ccc(C(=O)[C@H]2[C@H]3C(=O)N(c4ccc(Br)cc4)C(=O)[C@H]3[C@H]3c4ccccc4C=NN32)cc1. The van der Waals surface area contributed by atoms with Crippen LogP contribution in [0.5, 0.6) is 5.75 Å². The molecular weight excluding hydrogens is 510 g/mol. The molecule has 0 bridgehead atoms. The number of anilines is 1. The number of carbonyl (C=O) groups excluding carboxylic acids is 3. The fraction of sp³-hybridized carbons (Fsp3) is 0.185. The number of ether oxygens (including phenoxy) is 1. The second-order valence-corrected chi connectivity index (χ2v) is 9.69. The first-order chi connectivity index (χ1) is 17.0. The summed E-state index contributed by atoms with van der Waals surface area (Å²) in [5.41, 5.74) is 2.70. The zero-order valence-corrected chi connectivity index (χ0v) is 20.3. The molecule has 3 aromatic rings. The van der Waals surface area contributed by atoms with Crippen molar-refractivity contribution in [3.63, 3.8) is 0 Å². The van der Waals surface area contributed by atoms with E-state index in [9.17, 15) is 14.4 Å². The molecule has 0 N–H and O–H groups in total. The lowest BCUT2D eigenvalue weighted by Gasteiger charge is -2.33. The van der Waals surface area contributed by atoms with Crippen molar-refractivity contribution < 1.29 is 19.1 Å². The van der Waals surface area contributed by atoms with Gasteiger partial charge >= 0.3 is 0 Å². The van der Waals surface area contributed by atoms with Crippen molar-refractivity contribution in [2.75, 3.05) is 12.0 Å². The number of ketones is 1. The van der Waals surface area contributed by atoms with E-state index in [1.807, 2.05) is 24.3 Å². The van der Waals surface area contributed by atoms with Crippen molar-refractivity contribution in [3.8, 4) is 5.75 Å². The summed E-state index contributed by atoms with van der Waals surface area (Å²) in [4.78, 5) is 42.7. The van der Waals surface area contributed by atoms with Crippen molar-refractivity contribution in [2.24, 2.45) is 16.9 Å². The molecule has 0 aliphatic carbocycles. The van der Waals surface area contributed by atoms with Crippen LogP contribution in [0.25, 0.3) is 0 Å². The van der Waals surface area contributed by atoms with Gasteiger partial charge in [0.15, 0.2) is 5.78 Å². The Morgan fingerprint density at radius 1 is 0.914 bits per heavy atom. The molecule has 3 aliphatic rings. The van der Waals surface area contributed by atoms with Crippen molar-refractivity contribution in [3.05, 3.63) is 94.0 Å². The molecule has 0 spiro atoms. The standard InChI is InChI=1S/C27H20BrN3O4/c1-35-19-12-6-15(7-13-19)25(32)24-22-21(23-20-5-3-2-4-16(20)14-29-31(23)24)26(33)30(27(22)34)18-10-8-17(28)9-11-18/h2-14,21-24H,1H3/t21-,22+,23-,24-/m1/s1. The first-order valence-corrected chi connectivity index (χ1v) is 12.0. The molecule has 6 rings (SSSR count). The van der Waals surface area contributed by atoms with Gasteiger partial charge in [-0.2, -0.15) is 5.10 Å². The zero-order chi connectivity index (χ0) is 24.3. The zero-order valence-electron chi connectivity index (χ0n) is 18.7. The smallest absolute Gasteiger partial charge is 0.240 e. The summed E-state index contributed by atoms with van der Waals surface area (Å²) in [7, 11) is 1.56.